The van der Waals surface area contributed by atoms with E-state index in [0.717, 1.165) is 10.8 Å². The summed E-state index contributed by atoms with van der Waals surface area (Å²) < 4.78 is 0.843. The van der Waals surface area contributed by atoms with Gasteiger partial charge in [0.25, 0.3) is 0 Å². The Morgan fingerprint density at radius 1 is 1.43 bits per heavy atom. The van der Waals surface area contributed by atoms with Crippen LogP contribution in [0, 0.1) is 0 Å². The van der Waals surface area contributed by atoms with Crippen molar-refractivity contribution >= 4 is 22.2 Å². The molecule has 0 atom stereocenters. The molecule has 0 radical (unpaired) electrons. The zero-order valence-corrected chi connectivity index (χ0v) is 8.52. The highest BCUT2D eigenvalue weighted by molar-refractivity contribution is 9.10. The molecule has 6 heteroatoms. The zero-order chi connectivity index (χ0) is 9.97. The summed E-state index contributed by atoms with van der Waals surface area (Å²) in [6.45, 7) is 0. The Kier molecular flexibility index (Phi) is 2.36. The van der Waals surface area contributed by atoms with Gasteiger partial charge in [-0.15, -0.1) is 5.10 Å². The smallest absolute Gasteiger partial charge is 0.180 e. The molecule has 14 heavy (non-hydrogen) atoms. The molecule has 2 aromatic rings. The summed E-state index contributed by atoms with van der Waals surface area (Å²) in [5.74, 6) is 0.486. The molecule has 0 spiro atoms. The van der Waals surface area contributed by atoms with E-state index in [-0.39, 0.29) is 0 Å². The lowest BCUT2D eigenvalue weighted by molar-refractivity contribution is 0.112. The fourth-order valence-electron chi connectivity index (χ4n) is 1.12. The number of nitrogens with zero attached hydrogens (tertiary/aromatic N) is 3. The Hall–Kier alpha value is -1.56. The first-order chi connectivity index (χ1) is 6.81. The SMILES string of the molecule is O=Cc1cc(Br)ccc1-c1nnn[nH]1. The minimum atomic E-state index is 0.486. The number of hydrogen-bond donors (Lipinski definition) is 1. The monoisotopic (exact) mass is 252 g/mol. The Morgan fingerprint density at radius 2 is 2.29 bits per heavy atom. The number of carbonyl (C=O) groups excluding carboxylic acids is 1. The molecule has 0 bridgehead atoms. The predicted molar refractivity (Wildman–Crippen MR) is 52.7 cm³/mol. The highest BCUT2D eigenvalue weighted by atomic mass is 79.9. The zero-order valence-electron chi connectivity index (χ0n) is 6.94. The standard InChI is InChI=1S/C8H5BrN4O/c9-6-1-2-7(5(3-6)4-14)8-10-12-13-11-8/h1-4H,(H,10,11,12,13). The van der Waals surface area contributed by atoms with Crippen molar-refractivity contribution in [2.45, 2.75) is 0 Å². The van der Waals surface area contributed by atoms with E-state index in [2.05, 4.69) is 36.6 Å². The Labute approximate surface area is 87.7 Å². The Bertz CT molecular complexity index is 454. The van der Waals surface area contributed by atoms with Gasteiger partial charge in [0, 0.05) is 15.6 Å². The third kappa shape index (κ3) is 1.56. The quantitative estimate of drug-likeness (QED) is 0.822. The number of halogens is 1. The summed E-state index contributed by atoms with van der Waals surface area (Å²) in [6, 6.07) is 5.31. The van der Waals surface area contributed by atoms with Crippen molar-refractivity contribution in [2.75, 3.05) is 0 Å². The molecule has 70 valence electrons. The molecule has 0 unspecified atom stereocenters. The van der Waals surface area contributed by atoms with Gasteiger partial charge in [-0.1, -0.05) is 15.9 Å². The van der Waals surface area contributed by atoms with Crippen molar-refractivity contribution in [1.29, 1.82) is 0 Å². The van der Waals surface area contributed by atoms with E-state index in [1.807, 2.05) is 6.07 Å². The van der Waals surface area contributed by atoms with Crippen LogP contribution in [0.3, 0.4) is 0 Å². The van der Waals surface area contributed by atoms with Crippen molar-refractivity contribution in [3.63, 3.8) is 0 Å². The summed E-state index contributed by atoms with van der Waals surface area (Å²) in [4.78, 5) is 10.8. The Balaban J connectivity index is 2.58. The van der Waals surface area contributed by atoms with E-state index in [9.17, 15) is 4.79 Å². The van der Waals surface area contributed by atoms with E-state index in [4.69, 9.17) is 0 Å². The fraction of sp³-hybridized carbons (Fsp3) is 0. The van der Waals surface area contributed by atoms with Crippen molar-refractivity contribution in [1.82, 2.24) is 20.6 Å². The highest BCUT2D eigenvalue weighted by Crippen LogP contribution is 2.21. The number of carbonyl (C=O) groups is 1. The summed E-state index contributed by atoms with van der Waals surface area (Å²) in [5.41, 5.74) is 1.23. The van der Waals surface area contributed by atoms with E-state index >= 15 is 0 Å². The van der Waals surface area contributed by atoms with E-state index in [0.29, 0.717) is 17.0 Å². The van der Waals surface area contributed by atoms with Gasteiger partial charge in [0.05, 0.1) is 0 Å². The molecule has 0 fully saturated rings. The highest BCUT2D eigenvalue weighted by Gasteiger charge is 2.07. The maximum atomic E-state index is 10.8. The van der Waals surface area contributed by atoms with Crippen molar-refractivity contribution < 1.29 is 4.79 Å². The molecule has 2 rings (SSSR count). The lowest BCUT2D eigenvalue weighted by Gasteiger charge is -1.99. The molecule has 1 aromatic heterocycles. The summed E-state index contributed by atoms with van der Waals surface area (Å²) in [6.07, 6.45) is 0.766. The van der Waals surface area contributed by atoms with Crippen LogP contribution < -0.4 is 0 Å². The molecular weight excluding hydrogens is 248 g/mol. The number of nitrogens with one attached hydrogen (secondary N) is 1. The lowest BCUT2D eigenvalue weighted by atomic mass is 10.1. The summed E-state index contributed by atoms with van der Waals surface area (Å²) in [7, 11) is 0. The second-order valence-electron chi connectivity index (χ2n) is 2.60. The first-order valence-electron chi connectivity index (χ1n) is 3.80. The van der Waals surface area contributed by atoms with Crippen LogP contribution in [0.4, 0.5) is 0 Å². The second-order valence-corrected chi connectivity index (χ2v) is 3.51. The van der Waals surface area contributed by atoms with Gasteiger partial charge in [-0.3, -0.25) is 4.79 Å². The van der Waals surface area contributed by atoms with Gasteiger partial charge >= 0.3 is 0 Å². The summed E-state index contributed by atoms with van der Waals surface area (Å²) in [5, 5.41) is 13.2. The molecule has 1 N–H and O–H groups in total. The first-order valence-corrected chi connectivity index (χ1v) is 4.59. The third-order valence-electron chi connectivity index (χ3n) is 1.74. The Morgan fingerprint density at radius 3 is 2.93 bits per heavy atom. The van der Waals surface area contributed by atoms with E-state index < -0.39 is 0 Å². The molecule has 0 saturated carbocycles. The minimum Gasteiger partial charge on any atom is -0.298 e. The third-order valence-corrected chi connectivity index (χ3v) is 2.23. The van der Waals surface area contributed by atoms with E-state index in [1.165, 1.54) is 0 Å². The number of rotatable bonds is 2. The molecular formula is C8H5BrN4O. The van der Waals surface area contributed by atoms with Crippen molar-refractivity contribution in [3.8, 4) is 11.4 Å². The predicted octanol–water partition coefficient (Wildman–Crippen LogP) is 1.44. The van der Waals surface area contributed by atoms with Crippen LogP contribution in [0.1, 0.15) is 10.4 Å². The number of tetrazole rings is 1. The van der Waals surface area contributed by atoms with Crippen molar-refractivity contribution in [2.24, 2.45) is 0 Å². The molecule has 1 aromatic carbocycles. The molecule has 1 heterocycles. The average Bonchev–Trinajstić information content (AvgIpc) is 2.70. The van der Waals surface area contributed by atoms with Crippen LogP contribution in [0.15, 0.2) is 22.7 Å². The van der Waals surface area contributed by atoms with Gasteiger partial charge in [-0.2, -0.15) is 0 Å². The van der Waals surface area contributed by atoms with Gasteiger partial charge in [0.15, 0.2) is 12.1 Å². The van der Waals surface area contributed by atoms with Crippen LogP contribution in [0.2, 0.25) is 0 Å². The topological polar surface area (TPSA) is 71.5 Å². The van der Waals surface area contributed by atoms with Crippen LogP contribution in [0.25, 0.3) is 11.4 Å². The maximum absolute atomic E-state index is 10.8. The average molecular weight is 253 g/mol. The first kappa shape index (κ1) is 9.01. The van der Waals surface area contributed by atoms with Gasteiger partial charge in [-0.25, -0.2) is 5.10 Å². The van der Waals surface area contributed by atoms with Crippen LogP contribution in [0.5, 0.6) is 0 Å². The van der Waals surface area contributed by atoms with Crippen LogP contribution >= 0.6 is 15.9 Å². The number of aromatic amines is 1. The number of aromatic nitrogens is 4. The molecule has 5 nitrogen and oxygen atoms in total. The number of hydrogen-bond acceptors (Lipinski definition) is 4. The van der Waals surface area contributed by atoms with Gasteiger partial charge in [0.1, 0.15) is 0 Å². The second kappa shape index (κ2) is 3.67. The van der Waals surface area contributed by atoms with Gasteiger partial charge in [-0.05, 0) is 28.6 Å². The molecule has 0 amide bonds. The molecule has 0 saturated heterocycles. The normalized spacial score (nSPS) is 10.1. The van der Waals surface area contributed by atoms with Gasteiger partial charge < -0.3 is 0 Å². The van der Waals surface area contributed by atoms with Crippen molar-refractivity contribution in [3.05, 3.63) is 28.2 Å². The van der Waals surface area contributed by atoms with Crippen LogP contribution in [-0.4, -0.2) is 26.9 Å². The van der Waals surface area contributed by atoms with Crippen LogP contribution in [-0.2, 0) is 0 Å². The molecule has 0 aliphatic heterocycles. The molecule has 0 aliphatic rings. The fourth-order valence-corrected chi connectivity index (χ4v) is 1.50. The van der Waals surface area contributed by atoms with E-state index in [1.54, 1.807) is 12.1 Å². The minimum absolute atomic E-state index is 0.486. The lowest BCUT2D eigenvalue weighted by Crippen LogP contribution is -1.89. The summed E-state index contributed by atoms with van der Waals surface area (Å²) >= 11 is 3.28. The number of aldehydes is 1. The number of benzene rings is 1. The maximum Gasteiger partial charge on any atom is 0.180 e. The number of H-pyrrole nitrogens is 1. The van der Waals surface area contributed by atoms with Gasteiger partial charge in [0.2, 0.25) is 0 Å². The largest absolute Gasteiger partial charge is 0.298 e. The molecule has 0 aliphatic carbocycles.